The third kappa shape index (κ3) is 4.19. The molecule has 0 aromatic heterocycles. The van der Waals surface area contributed by atoms with Crippen LogP contribution >= 0.6 is 11.8 Å². The van der Waals surface area contributed by atoms with E-state index in [0.29, 0.717) is 18.5 Å². The third-order valence-corrected chi connectivity index (χ3v) is 6.78. The van der Waals surface area contributed by atoms with Gasteiger partial charge in [0, 0.05) is 15.5 Å². The number of allylic oxidation sites excluding steroid dienone is 2. The van der Waals surface area contributed by atoms with E-state index in [1.165, 1.54) is 16.0 Å². The number of anilines is 1. The number of carbonyl (C=O) groups excluding carboxylic acids is 3. The Morgan fingerprint density at radius 2 is 1.63 bits per heavy atom. The van der Waals surface area contributed by atoms with Gasteiger partial charge in [0.25, 0.3) is 0 Å². The predicted molar refractivity (Wildman–Crippen MR) is 117 cm³/mol. The Morgan fingerprint density at radius 1 is 1.00 bits per heavy atom. The van der Waals surface area contributed by atoms with Gasteiger partial charge in [-0.05, 0) is 68.1 Å². The topological polar surface area (TPSA) is 66.5 Å². The zero-order chi connectivity index (χ0) is 21.3. The van der Waals surface area contributed by atoms with Crippen LogP contribution in [0.25, 0.3) is 0 Å². The first-order valence-electron chi connectivity index (χ1n) is 10.1. The number of fused-ring (bicyclic) bond motifs is 1. The van der Waals surface area contributed by atoms with Gasteiger partial charge in [-0.2, -0.15) is 0 Å². The van der Waals surface area contributed by atoms with Gasteiger partial charge in [0.15, 0.2) is 0 Å². The molecular formula is C24H24N2O3S. The maximum absolute atomic E-state index is 12.5. The van der Waals surface area contributed by atoms with Crippen molar-refractivity contribution in [3.05, 3.63) is 65.7 Å². The maximum atomic E-state index is 12.5. The molecule has 1 N–H and O–H groups in total. The zero-order valence-corrected chi connectivity index (χ0v) is 17.9. The molecule has 6 heteroatoms. The molecule has 5 nitrogen and oxygen atoms in total. The van der Waals surface area contributed by atoms with E-state index < -0.39 is 0 Å². The number of hydrogen-bond donors (Lipinski definition) is 1. The lowest BCUT2D eigenvalue weighted by Gasteiger charge is -2.14. The van der Waals surface area contributed by atoms with Gasteiger partial charge in [0.2, 0.25) is 17.7 Å². The quantitative estimate of drug-likeness (QED) is 0.577. The first kappa shape index (κ1) is 20.4. The van der Waals surface area contributed by atoms with E-state index in [4.69, 9.17) is 0 Å². The molecule has 1 heterocycles. The second kappa shape index (κ2) is 8.48. The van der Waals surface area contributed by atoms with E-state index in [9.17, 15) is 14.4 Å². The lowest BCUT2D eigenvalue weighted by Crippen LogP contribution is -2.38. The molecule has 2 aliphatic rings. The summed E-state index contributed by atoms with van der Waals surface area (Å²) in [4.78, 5) is 40.8. The van der Waals surface area contributed by atoms with Crippen LogP contribution in [0.4, 0.5) is 5.69 Å². The Morgan fingerprint density at radius 3 is 2.27 bits per heavy atom. The van der Waals surface area contributed by atoms with Gasteiger partial charge in [-0.3, -0.25) is 19.3 Å². The summed E-state index contributed by atoms with van der Waals surface area (Å²) in [5.74, 6) is -1.44. The standard InChI is InChI=1S/C24H24N2O3S/c1-15-7-8-16(2)21(13-15)30-18-11-9-17(10-12-18)25-22(27)14-26-23(28)19-5-3-4-6-20(19)24(26)29/h3-4,7-13,19-20H,5-6,14H2,1-2H3,(H,25,27). The van der Waals surface area contributed by atoms with Gasteiger partial charge in [-0.25, -0.2) is 0 Å². The fourth-order valence-electron chi connectivity index (χ4n) is 3.92. The predicted octanol–water partition coefficient (Wildman–Crippen LogP) is 4.34. The van der Waals surface area contributed by atoms with Gasteiger partial charge in [0.1, 0.15) is 6.54 Å². The van der Waals surface area contributed by atoms with Crippen molar-refractivity contribution in [1.82, 2.24) is 4.90 Å². The number of amides is 3. The number of nitrogens with zero attached hydrogens (tertiary/aromatic N) is 1. The normalized spacial score (nSPS) is 20.4. The fraction of sp³-hybridized carbons (Fsp3) is 0.292. The highest BCUT2D eigenvalue weighted by Gasteiger charge is 2.47. The highest BCUT2D eigenvalue weighted by Crippen LogP contribution is 2.35. The van der Waals surface area contributed by atoms with Gasteiger partial charge < -0.3 is 5.32 Å². The fourth-order valence-corrected chi connectivity index (χ4v) is 4.92. The molecule has 2 aromatic carbocycles. The molecule has 1 aliphatic carbocycles. The minimum absolute atomic E-state index is 0.232. The average molecular weight is 421 g/mol. The summed E-state index contributed by atoms with van der Waals surface area (Å²) in [5, 5.41) is 2.79. The van der Waals surface area contributed by atoms with Crippen LogP contribution in [0.15, 0.2) is 64.4 Å². The van der Waals surface area contributed by atoms with Crippen LogP contribution in [0.3, 0.4) is 0 Å². The summed E-state index contributed by atoms with van der Waals surface area (Å²) in [5.41, 5.74) is 3.08. The van der Waals surface area contributed by atoms with Crippen molar-refractivity contribution in [1.29, 1.82) is 0 Å². The molecule has 1 aliphatic heterocycles. The number of rotatable bonds is 5. The van der Waals surface area contributed by atoms with Crippen LogP contribution in [0.5, 0.6) is 0 Å². The molecule has 0 bridgehead atoms. The number of likely N-dealkylation sites (tertiary alicyclic amines) is 1. The molecule has 1 fully saturated rings. The first-order chi connectivity index (χ1) is 14.4. The molecule has 30 heavy (non-hydrogen) atoms. The Labute approximate surface area is 180 Å². The lowest BCUT2D eigenvalue weighted by atomic mass is 9.85. The van der Waals surface area contributed by atoms with Crippen molar-refractivity contribution < 1.29 is 14.4 Å². The number of hydrogen-bond acceptors (Lipinski definition) is 4. The smallest absolute Gasteiger partial charge is 0.244 e. The molecule has 0 radical (unpaired) electrons. The van der Waals surface area contributed by atoms with E-state index >= 15 is 0 Å². The highest BCUT2D eigenvalue weighted by molar-refractivity contribution is 7.99. The SMILES string of the molecule is Cc1ccc(C)c(Sc2ccc(NC(=O)CN3C(=O)C4CC=CCC4C3=O)cc2)c1. The lowest BCUT2D eigenvalue weighted by molar-refractivity contribution is -0.142. The van der Waals surface area contributed by atoms with E-state index in [1.807, 2.05) is 36.4 Å². The maximum Gasteiger partial charge on any atom is 0.244 e. The number of nitrogens with one attached hydrogen (secondary N) is 1. The summed E-state index contributed by atoms with van der Waals surface area (Å²) < 4.78 is 0. The van der Waals surface area contributed by atoms with Crippen LogP contribution < -0.4 is 5.32 Å². The molecule has 2 atom stereocenters. The van der Waals surface area contributed by atoms with E-state index in [1.54, 1.807) is 11.8 Å². The summed E-state index contributed by atoms with van der Waals surface area (Å²) >= 11 is 1.68. The van der Waals surface area contributed by atoms with E-state index in [2.05, 4.69) is 37.4 Å². The molecule has 154 valence electrons. The van der Waals surface area contributed by atoms with Crippen molar-refractivity contribution in [2.45, 2.75) is 36.5 Å². The monoisotopic (exact) mass is 420 g/mol. The van der Waals surface area contributed by atoms with Crippen LogP contribution in [0.2, 0.25) is 0 Å². The number of imide groups is 1. The molecular weight excluding hydrogens is 396 g/mol. The Kier molecular flexibility index (Phi) is 5.77. The largest absolute Gasteiger partial charge is 0.325 e. The van der Waals surface area contributed by atoms with Crippen molar-refractivity contribution in [3.8, 4) is 0 Å². The van der Waals surface area contributed by atoms with Crippen molar-refractivity contribution >= 4 is 35.2 Å². The second-order valence-electron chi connectivity index (χ2n) is 7.86. The molecule has 2 unspecified atom stereocenters. The summed E-state index contributed by atoms with van der Waals surface area (Å²) in [7, 11) is 0. The molecule has 0 spiro atoms. The van der Waals surface area contributed by atoms with Crippen LogP contribution in [0.1, 0.15) is 24.0 Å². The summed E-state index contributed by atoms with van der Waals surface area (Å²) in [6, 6.07) is 13.9. The van der Waals surface area contributed by atoms with E-state index in [-0.39, 0.29) is 36.1 Å². The van der Waals surface area contributed by atoms with Crippen molar-refractivity contribution in [3.63, 3.8) is 0 Å². The minimum atomic E-state index is -0.363. The Bertz CT molecular complexity index is 1000. The number of benzene rings is 2. The zero-order valence-electron chi connectivity index (χ0n) is 17.1. The summed E-state index contributed by atoms with van der Waals surface area (Å²) in [6.07, 6.45) is 5.03. The van der Waals surface area contributed by atoms with Crippen molar-refractivity contribution in [2.75, 3.05) is 11.9 Å². The molecule has 0 saturated carbocycles. The number of aryl methyl sites for hydroxylation is 2. The van der Waals surface area contributed by atoms with Gasteiger partial charge in [-0.15, -0.1) is 0 Å². The van der Waals surface area contributed by atoms with Gasteiger partial charge in [-0.1, -0.05) is 36.0 Å². The molecule has 3 amide bonds. The van der Waals surface area contributed by atoms with Gasteiger partial charge >= 0.3 is 0 Å². The Hall–Kier alpha value is -2.86. The second-order valence-corrected chi connectivity index (χ2v) is 8.98. The van der Waals surface area contributed by atoms with E-state index in [0.717, 1.165) is 9.80 Å². The highest BCUT2D eigenvalue weighted by atomic mass is 32.2. The minimum Gasteiger partial charge on any atom is -0.325 e. The van der Waals surface area contributed by atoms with Crippen LogP contribution in [-0.4, -0.2) is 29.2 Å². The van der Waals surface area contributed by atoms with Gasteiger partial charge in [0.05, 0.1) is 11.8 Å². The first-order valence-corrected chi connectivity index (χ1v) is 10.9. The van der Waals surface area contributed by atoms with Crippen LogP contribution in [0, 0.1) is 25.7 Å². The third-order valence-electron chi connectivity index (χ3n) is 5.61. The Balaban J connectivity index is 1.36. The summed E-state index contributed by atoms with van der Waals surface area (Å²) in [6.45, 7) is 3.93. The molecule has 1 saturated heterocycles. The molecule has 4 rings (SSSR count). The molecule has 2 aromatic rings. The van der Waals surface area contributed by atoms with Crippen molar-refractivity contribution in [2.24, 2.45) is 11.8 Å². The number of carbonyl (C=O) groups is 3. The average Bonchev–Trinajstić information content (AvgIpc) is 2.97. The van der Waals surface area contributed by atoms with Crippen LogP contribution in [-0.2, 0) is 14.4 Å².